The molecular formula is C21H19NO5. The fourth-order valence-electron chi connectivity index (χ4n) is 2.87. The maximum absolute atomic E-state index is 12.4. The van der Waals surface area contributed by atoms with Crippen LogP contribution >= 0.6 is 0 Å². The number of hydrogen-bond acceptors (Lipinski definition) is 4. The lowest BCUT2D eigenvalue weighted by Gasteiger charge is -2.08. The number of imide groups is 1. The van der Waals surface area contributed by atoms with E-state index in [1.807, 2.05) is 49.4 Å². The molecule has 0 spiro atoms. The van der Waals surface area contributed by atoms with Crippen molar-refractivity contribution in [1.29, 1.82) is 0 Å². The fourth-order valence-corrected chi connectivity index (χ4v) is 2.87. The average molecular weight is 365 g/mol. The van der Waals surface area contributed by atoms with Gasteiger partial charge in [-0.25, -0.2) is 9.69 Å². The number of carboxylic acid groups (broad SMARTS) is 1. The minimum atomic E-state index is -0.973. The molecule has 0 atom stereocenters. The van der Waals surface area contributed by atoms with Crippen LogP contribution in [0.2, 0.25) is 0 Å². The topological polar surface area (TPSA) is 83.9 Å². The average Bonchev–Trinajstić information content (AvgIpc) is 2.89. The molecule has 1 N–H and O–H groups in total. The summed E-state index contributed by atoms with van der Waals surface area (Å²) in [4.78, 5) is 35.8. The van der Waals surface area contributed by atoms with Gasteiger partial charge in [0.15, 0.2) is 5.76 Å². The third-order valence-corrected chi connectivity index (χ3v) is 4.18. The maximum Gasteiger partial charge on any atom is 0.422 e. The van der Waals surface area contributed by atoms with Gasteiger partial charge in [0.25, 0.3) is 5.91 Å². The molecule has 1 aliphatic rings. The summed E-state index contributed by atoms with van der Waals surface area (Å²) in [7, 11) is 0. The van der Waals surface area contributed by atoms with Gasteiger partial charge in [-0.3, -0.25) is 9.59 Å². The van der Waals surface area contributed by atoms with Crippen LogP contribution in [-0.2, 0) is 14.3 Å². The number of aryl methyl sites for hydroxylation is 1. The monoisotopic (exact) mass is 365 g/mol. The minimum absolute atomic E-state index is 0.0185. The van der Waals surface area contributed by atoms with Crippen LogP contribution in [0.5, 0.6) is 0 Å². The highest BCUT2D eigenvalue weighted by Gasteiger charge is 2.36. The van der Waals surface area contributed by atoms with Crippen molar-refractivity contribution >= 4 is 24.0 Å². The molecule has 1 heterocycles. The van der Waals surface area contributed by atoms with Crippen LogP contribution in [0.25, 0.3) is 17.2 Å². The van der Waals surface area contributed by atoms with Crippen molar-refractivity contribution in [3.8, 4) is 11.1 Å². The van der Waals surface area contributed by atoms with E-state index in [0.29, 0.717) is 0 Å². The van der Waals surface area contributed by atoms with Crippen molar-refractivity contribution in [3.63, 3.8) is 0 Å². The summed E-state index contributed by atoms with van der Waals surface area (Å²) in [6, 6.07) is 15.6. The maximum atomic E-state index is 12.4. The van der Waals surface area contributed by atoms with Gasteiger partial charge < -0.3 is 9.84 Å². The molecule has 0 saturated carbocycles. The summed E-state index contributed by atoms with van der Waals surface area (Å²) in [6.07, 6.45) is 0.823. The second kappa shape index (κ2) is 7.86. The summed E-state index contributed by atoms with van der Waals surface area (Å²) in [6.45, 7) is 2.04. The van der Waals surface area contributed by atoms with Gasteiger partial charge in [0, 0.05) is 13.0 Å². The van der Waals surface area contributed by atoms with Gasteiger partial charge in [0.05, 0.1) is 0 Å². The van der Waals surface area contributed by atoms with Crippen molar-refractivity contribution in [2.75, 3.05) is 6.54 Å². The summed E-state index contributed by atoms with van der Waals surface area (Å²) in [5, 5.41) is 8.67. The smallest absolute Gasteiger partial charge is 0.422 e. The molecule has 0 radical (unpaired) electrons. The molecule has 1 saturated heterocycles. The van der Waals surface area contributed by atoms with Crippen LogP contribution in [0.1, 0.15) is 24.0 Å². The van der Waals surface area contributed by atoms with E-state index in [0.717, 1.165) is 27.2 Å². The number of rotatable bonds is 6. The molecular weight excluding hydrogens is 346 g/mol. The van der Waals surface area contributed by atoms with Gasteiger partial charge in [0.2, 0.25) is 0 Å². The fraction of sp³-hybridized carbons (Fsp3) is 0.190. The predicted octanol–water partition coefficient (Wildman–Crippen LogP) is 3.85. The molecule has 2 aromatic rings. The molecule has 138 valence electrons. The lowest BCUT2D eigenvalue weighted by atomic mass is 10.0. The van der Waals surface area contributed by atoms with Gasteiger partial charge >= 0.3 is 12.1 Å². The minimum Gasteiger partial charge on any atom is -0.481 e. The van der Waals surface area contributed by atoms with Gasteiger partial charge in [-0.05, 0) is 42.2 Å². The number of carbonyl (C=O) groups excluding carboxylic acids is 2. The summed E-state index contributed by atoms with van der Waals surface area (Å²) < 4.78 is 5.06. The number of nitrogens with zero attached hydrogens (tertiary/aromatic N) is 1. The molecule has 0 aliphatic carbocycles. The number of ether oxygens (including phenoxy) is 1. The molecule has 1 fully saturated rings. The highest BCUT2D eigenvalue weighted by Crippen LogP contribution is 2.24. The molecule has 1 aliphatic heterocycles. The summed E-state index contributed by atoms with van der Waals surface area (Å²) in [5.41, 5.74) is 3.93. The predicted molar refractivity (Wildman–Crippen MR) is 99.7 cm³/mol. The largest absolute Gasteiger partial charge is 0.481 e. The highest BCUT2D eigenvalue weighted by atomic mass is 16.6. The van der Waals surface area contributed by atoms with Crippen molar-refractivity contribution in [1.82, 2.24) is 4.90 Å². The number of amides is 2. The Kier molecular flexibility index (Phi) is 5.35. The first-order chi connectivity index (χ1) is 12.9. The first-order valence-corrected chi connectivity index (χ1v) is 8.58. The van der Waals surface area contributed by atoms with E-state index in [4.69, 9.17) is 9.84 Å². The molecule has 3 rings (SSSR count). The van der Waals surface area contributed by atoms with E-state index in [9.17, 15) is 14.4 Å². The zero-order chi connectivity index (χ0) is 19.4. The Labute approximate surface area is 156 Å². The quantitative estimate of drug-likeness (QED) is 0.786. The van der Waals surface area contributed by atoms with Crippen LogP contribution in [0.4, 0.5) is 4.79 Å². The van der Waals surface area contributed by atoms with Crippen LogP contribution in [-0.4, -0.2) is 34.5 Å². The van der Waals surface area contributed by atoms with Crippen molar-refractivity contribution < 1.29 is 24.2 Å². The molecule has 2 aromatic carbocycles. The second-order valence-corrected chi connectivity index (χ2v) is 6.33. The number of aliphatic carboxylic acids is 1. The van der Waals surface area contributed by atoms with Crippen LogP contribution < -0.4 is 0 Å². The van der Waals surface area contributed by atoms with E-state index in [1.165, 1.54) is 6.08 Å². The number of carbonyl (C=O) groups is 3. The summed E-state index contributed by atoms with van der Waals surface area (Å²) in [5.74, 6) is -1.58. The number of cyclic esters (lactones) is 1. The van der Waals surface area contributed by atoms with Gasteiger partial charge in [-0.15, -0.1) is 0 Å². The Hall–Kier alpha value is -3.41. The van der Waals surface area contributed by atoms with Crippen LogP contribution in [0.15, 0.2) is 54.3 Å². The summed E-state index contributed by atoms with van der Waals surface area (Å²) >= 11 is 0. The molecule has 0 aromatic heterocycles. The Morgan fingerprint density at radius 2 is 1.81 bits per heavy atom. The number of benzene rings is 2. The first-order valence-electron chi connectivity index (χ1n) is 8.58. The lowest BCUT2D eigenvalue weighted by molar-refractivity contribution is -0.137. The molecule has 27 heavy (non-hydrogen) atoms. The standard InChI is InChI=1S/C21H19NO5/c1-14-5-2-7-16(11-14)17-8-3-6-15(12-17)13-18-20(25)22(21(26)27-18)10-4-9-19(23)24/h2-3,5-8,11-13H,4,9-10H2,1H3,(H,23,24). The Morgan fingerprint density at radius 3 is 2.52 bits per heavy atom. The zero-order valence-electron chi connectivity index (χ0n) is 14.8. The van der Waals surface area contributed by atoms with E-state index in [2.05, 4.69) is 6.07 Å². The van der Waals surface area contributed by atoms with Crippen LogP contribution in [0.3, 0.4) is 0 Å². The normalized spacial score (nSPS) is 15.3. The molecule has 2 amide bonds. The molecule has 0 bridgehead atoms. The van der Waals surface area contributed by atoms with Crippen molar-refractivity contribution in [2.24, 2.45) is 0 Å². The third-order valence-electron chi connectivity index (χ3n) is 4.18. The van der Waals surface area contributed by atoms with Crippen molar-refractivity contribution in [3.05, 3.63) is 65.4 Å². The first kappa shape index (κ1) is 18.4. The zero-order valence-corrected chi connectivity index (χ0v) is 14.8. The van der Waals surface area contributed by atoms with Gasteiger partial charge in [-0.1, -0.05) is 48.0 Å². The van der Waals surface area contributed by atoms with Gasteiger partial charge in [-0.2, -0.15) is 0 Å². The number of carboxylic acids is 1. The molecule has 0 unspecified atom stereocenters. The van der Waals surface area contributed by atoms with Gasteiger partial charge in [0.1, 0.15) is 0 Å². The van der Waals surface area contributed by atoms with E-state index in [1.54, 1.807) is 0 Å². The van der Waals surface area contributed by atoms with Crippen molar-refractivity contribution in [2.45, 2.75) is 19.8 Å². The van der Waals surface area contributed by atoms with E-state index < -0.39 is 18.0 Å². The third kappa shape index (κ3) is 4.41. The molecule has 6 heteroatoms. The highest BCUT2D eigenvalue weighted by molar-refractivity contribution is 6.09. The Bertz CT molecular complexity index is 932. The van der Waals surface area contributed by atoms with E-state index >= 15 is 0 Å². The second-order valence-electron chi connectivity index (χ2n) is 6.33. The SMILES string of the molecule is Cc1cccc(-c2cccc(C=C3OC(=O)N(CCCC(=O)O)C3=O)c2)c1. The Morgan fingerprint density at radius 1 is 1.11 bits per heavy atom. The number of hydrogen-bond donors (Lipinski definition) is 1. The Balaban J connectivity index is 1.79. The molecule has 6 nitrogen and oxygen atoms in total. The van der Waals surface area contributed by atoms with Crippen LogP contribution in [0, 0.1) is 6.92 Å². The lowest BCUT2D eigenvalue weighted by Crippen LogP contribution is -2.30. The van der Waals surface area contributed by atoms with E-state index in [-0.39, 0.29) is 25.1 Å².